The highest BCUT2D eigenvalue weighted by Gasteiger charge is 2.14. The molecule has 0 aliphatic rings. The van der Waals surface area contributed by atoms with Crippen LogP contribution in [-0.4, -0.2) is 28.1 Å². The van der Waals surface area contributed by atoms with E-state index in [1.165, 1.54) is 12.1 Å². The van der Waals surface area contributed by atoms with Gasteiger partial charge in [-0.15, -0.1) is 0 Å². The van der Waals surface area contributed by atoms with E-state index in [9.17, 15) is 24.8 Å². The van der Waals surface area contributed by atoms with Crippen molar-refractivity contribution in [1.29, 1.82) is 0 Å². The highest BCUT2D eigenvalue weighted by molar-refractivity contribution is 6.44. The Balaban J connectivity index is 1.91. The number of phenolic OH excluding ortho intramolecular Hbond substituents is 1. The summed E-state index contributed by atoms with van der Waals surface area (Å²) in [6.07, 6.45) is 0.603. The van der Waals surface area contributed by atoms with Crippen molar-refractivity contribution in [2.75, 3.05) is 5.32 Å². The van der Waals surface area contributed by atoms with Gasteiger partial charge in [0.1, 0.15) is 6.42 Å². The highest BCUT2D eigenvalue weighted by Crippen LogP contribution is 2.29. The lowest BCUT2D eigenvalue weighted by Crippen LogP contribution is -2.24. The molecule has 0 aliphatic carbocycles. The quantitative estimate of drug-likeness (QED) is 0.291. The second kappa shape index (κ2) is 8.97. The van der Waals surface area contributed by atoms with Gasteiger partial charge in [0.2, 0.25) is 11.8 Å². The number of carbonyl (C=O) groups is 2. The number of amides is 2. The van der Waals surface area contributed by atoms with E-state index in [0.29, 0.717) is 0 Å². The summed E-state index contributed by atoms with van der Waals surface area (Å²) in [4.78, 5) is 33.6. The van der Waals surface area contributed by atoms with Crippen LogP contribution in [0.3, 0.4) is 0 Å². The number of nitrogens with one attached hydrogen (secondary N) is 2. The molecule has 9 nitrogen and oxygen atoms in total. The SMILES string of the molecule is O=C(CC(=O)Nc1cccc(Cl)c1Cl)NN=Cc1ccc(O)c([N+](=O)[O-])c1. The predicted molar refractivity (Wildman–Crippen MR) is 100 cm³/mol. The molecule has 0 fully saturated rings. The average Bonchev–Trinajstić information content (AvgIpc) is 2.60. The fraction of sp³-hybridized carbons (Fsp3) is 0.0625. The molecule has 0 aromatic heterocycles. The molecular weight excluding hydrogens is 399 g/mol. The predicted octanol–water partition coefficient (Wildman–Crippen LogP) is 3.09. The maximum atomic E-state index is 11.8. The lowest BCUT2D eigenvalue weighted by molar-refractivity contribution is -0.385. The number of carbonyl (C=O) groups excluding carboxylic acids is 2. The van der Waals surface area contributed by atoms with Gasteiger partial charge in [-0.1, -0.05) is 29.3 Å². The number of nitro benzene ring substituents is 1. The number of rotatable bonds is 6. The van der Waals surface area contributed by atoms with Crippen molar-refractivity contribution in [1.82, 2.24) is 5.43 Å². The number of nitrogens with zero attached hydrogens (tertiary/aromatic N) is 2. The maximum absolute atomic E-state index is 11.8. The molecular formula is C16H12Cl2N4O5. The number of halogens is 2. The third-order valence-corrected chi connectivity index (χ3v) is 3.96. The van der Waals surface area contributed by atoms with Gasteiger partial charge in [-0.25, -0.2) is 5.43 Å². The van der Waals surface area contributed by atoms with Crippen molar-refractivity contribution < 1.29 is 19.6 Å². The van der Waals surface area contributed by atoms with Crippen LogP contribution in [0.5, 0.6) is 5.75 Å². The van der Waals surface area contributed by atoms with Crippen LogP contribution in [-0.2, 0) is 9.59 Å². The first-order chi connectivity index (χ1) is 12.8. The number of benzene rings is 2. The minimum Gasteiger partial charge on any atom is -0.502 e. The van der Waals surface area contributed by atoms with E-state index in [-0.39, 0.29) is 21.3 Å². The molecule has 2 rings (SSSR count). The van der Waals surface area contributed by atoms with E-state index in [0.717, 1.165) is 18.3 Å². The van der Waals surface area contributed by atoms with Crippen LogP contribution in [0.1, 0.15) is 12.0 Å². The number of hydrogen-bond donors (Lipinski definition) is 3. The Labute approximate surface area is 162 Å². The van der Waals surface area contributed by atoms with Crippen molar-refractivity contribution in [3.05, 3.63) is 62.1 Å². The van der Waals surface area contributed by atoms with Gasteiger partial charge in [-0.2, -0.15) is 5.10 Å². The number of anilines is 1. The molecule has 2 aromatic carbocycles. The number of phenols is 1. The molecule has 3 N–H and O–H groups in total. The number of hydrogen-bond acceptors (Lipinski definition) is 6. The van der Waals surface area contributed by atoms with E-state index < -0.39 is 34.6 Å². The third kappa shape index (κ3) is 5.66. The zero-order valence-electron chi connectivity index (χ0n) is 13.5. The third-order valence-electron chi connectivity index (χ3n) is 3.15. The van der Waals surface area contributed by atoms with E-state index >= 15 is 0 Å². The largest absolute Gasteiger partial charge is 0.502 e. The van der Waals surface area contributed by atoms with Crippen LogP contribution in [0.25, 0.3) is 0 Å². The summed E-state index contributed by atoms with van der Waals surface area (Å²) in [5.41, 5.74) is 2.16. The van der Waals surface area contributed by atoms with Gasteiger partial charge in [0.15, 0.2) is 5.75 Å². The summed E-state index contributed by atoms with van der Waals surface area (Å²) in [7, 11) is 0. The fourth-order valence-electron chi connectivity index (χ4n) is 1.93. The van der Waals surface area contributed by atoms with Crippen molar-refractivity contribution in [2.45, 2.75) is 6.42 Å². The van der Waals surface area contributed by atoms with Gasteiger partial charge in [-0.05, 0) is 24.3 Å². The summed E-state index contributed by atoms with van der Waals surface area (Å²) in [5.74, 6) is -1.83. The van der Waals surface area contributed by atoms with Crippen LogP contribution in [0.4, 0.5) is 11.4 Å². The second-order valence-corrected chi connectivity index (χ2v) is 5.91. The molecule has 0 saturated carbocycles. The van der Waals surface area contributed by atoms with Crippen LogP contribution < -0.4 is 10.7 Å². The smallest absolute Gasteiger partial charge is 0.311 e. The van der Waals surface area contributed by atoms with Crippen molar-refractivity contribution in [3.8, 4) is 5.75 Å². The number of hydrazone groups is 1. The average molecular weight is 411 g/mol. The highest BCUT2D eigenvalue weighted by atomic mass is 35.5. The zero-order chi connectivity index (χ0) is 20.0. The molecule has 0 bridgehead atoms. The molecule has 2 aromatic rings. The topological polar surface area (TPSA) is 134 Å². The van der Waals surface area contributed by atoms with E-state index in [1.807, 2.05) is 0 Å². The Hall–Kier alpha value is -3.17. The lowest BCUT2D eigenvalue weighted by Gasteiger charge is -2.07. The van der Waals surface area contributed by atoms with Crippen molar-refractivity contribution in [3.63, 3.8) is 0 Å². The van der Waals surface area contributed by atoms with Crippen LogP contribution in [0, 0.1) is 10.1 Å². The minimum atomic E-state index is -0.753. The number of aromatic hydroxyl groups is 1. The van der Waals surface area contributed by atoms with Crippen LogP contribution in [0.2, 0.25) is 10.0 Å². The van der Waals surface area contributed by atoms with Crippen molar-refractivity contribution in [2.24, 2.45) is 5.10 Å². The minimum absolute atomic E-state index is 0.153. The summed E-state index contributed by atoms with van der Waals surface area (Å²) in [6.45, 7) is 0. The molecule has 11 heteroatoms. The maximum Gasteiger partial charge on any atom is 0.311 e. The number of nitro groups is 1. The second-order valence-electron chi connectivity index (χ2n) is 5.12. The Morgan fingerprint density at radius 3 is 2.67 bits per heavy atom. The van der Waals surface area contributed by atoms with Crippen molar-refractivity contribution >= 4 is 52.6 Å². The first-order valence-corrected chi connectivity index (χ1v) is 8.06. The first-order valence-electron chi connectivity index (χ1n) is 7.31. The molecule has 0 heterocycles. The zero-order valence-corrected chi connectivity index (χ0v) is 15.0. The molecule has 140 valence electrons. The molecule has 0 radical (unpaired) electrons. The first kappa shape index (κ1) is 20.1. The van der Waals surface area contributed by atoms with Gasteiger partial charge < -0.3 is 10.4 Å². The lowest BCUT2D eigenvalue weighted by atomic mass is 10.2. The summed E-state index contributed by atoms with van der Waals surface area (Å²) >= 11 is 11.8. The van der Waals surface area contributed by atoms with Gasteiger partial charge in [0, 0.05) is 11.6 Å². The molecule has 0 spiro atoms. The standard InChI is InChI=1S/C16H12Cl2N4O5/c17-10-2-1-3-11(16(10)18)20-14(24)7-15(25)21-19-8-9-4-5-13(23)12(6-9)22(26)27/h1-6,8,23H,7H2,(H,20,24)(H,21,25). The summed E-state index contributed by atoms with van der Waals surface area (Å²) in [5, 5.41) is 26.6. The molecule has 0 aliphatic heterocycles. The van der Waals surface area contributed by atoms with Gasteiger partial charge in [0.05, 0.1) is 26.9 Å². The van der Waals surface area contributed by atoms with E-state index in [1.54, 1.807) is 12.1 Å². The Kier molecular flexibility index (Phi) is 6.69. The molecule has 0 unspecified atom stereocenters. The van der Waals surface area contributed by atoms with E-state index in [4.69, 9.17) is 23.2 Å². The molecule has 2 amide bonds. The van der Waals surface area contributed by atoms with Gasteiger partial charge in [-0.3, -0.25) is 19.7 Å². The van der Waals surface area contributed by atoms with Crippen LogP contribution >= 0.6 is 23.2 Å². The monoisotopic (exact) mass is 410 g/mol. The fourth-order valence-corrected chi connectivity index (χ4v) is 2.27. The Morgan fingerprint density at radius 1 is 1.22 bits per heavy atom. The summed E-state index contributed by atoms with van der Waals surface area (Å²) in [6, 6.07) is 8.24. The van der Waals surface area contributed by atoms with Gasteiger partial charge >= 0.3 is 5.69 Å². The van der Waals surface area contributed by atoms with Crippen LogP contribution in [0.15, 0.2) is 41.5 Å². The van der Waals surface area contributed by atoms with E-state index in [2.05, 4.69) is 15.8 Å². The molecule has 27 heavy (non-hydrogen) atoms. The Bertz CT molecular complexity index is 933. The van der Waals surface area contributed by atoms with Gasteiger partial charge in [0.25, 0.3) is 0 Å². The summed E-state index contributed by atoms with van der Waals surface area (Å²) < 4.78 is 0. The Morgan fingerprint density at radius 2 is 1.96 bits per heavy atom. The molecule has 0 saturated heterocycles. The molecule has 0 atom stereocenters. The normalized spacial score (nSPS) is 10.6.